The molecule has 3 aromatic heterocycles. The van der Waals surface area contributed by atoms with Gasteiger partial charge in [0.05, 0.1) is 24.6 Å². The number of aromatic nitrogens is 4. The fraction of sp³-hybridized carbons (Fsp3) is 0.167. The molecule has 4 aromatic rings. The molecule has 0 aliphatic heterocycles. The van der Waals surface area contributed by atoms with Gasteiger partial charge in [0.15, 0.2) is 0 Å². The Bertz CT molecular complexity index is 1120. The smallest absolute Gasteiger partial charge is 0.274 e. The minimum atomic E-state index is -3.09. The number of ether oxygens (including phenoxy) is 1. The Morgan fingerprint density at radius 1 is 1.11 bits per heavy atom. The molecule has 9 heteroatoms. The van der Waals surface area contributed by atoms with Crippen molar-refractivity contribution < 1.29 is 13.5 Å². The van der Waals surface area contributed by atoms with Crippen LogP contribution in [0.3, 0.4) is 0 Å². The molecule has 0 saturated heterocycles. The fourth-order valence-corrected chi connectivity index (χ4v) is 3.59. The predicted molar refractivity (Wildman–Crippen MR) is 100 cm³/mol. The molecule has 2 N–H and O–H groups in total. The molecule has 27 heavy (non-hydrogen) atoms. The summed E-state index contributed by atoms with van der Waals surface area (Å²) in [5.41, 5.74) is 7.24. The Labute approximate surface area is 157 Å². The number of halogens is 2. The average Bonchev–Trinajstić information content (AvgIpc) is 3.22. The number of pyridine rings is 1. The van der Waals surface area contributed by atoms with Gasteiger partial charge in [0.1, 0.15) is 16.6 Å². The van der Waals surface area contributed by atoms with Gasteiger partial charge in [-0.2, -0.15) is 5.10 Å². The zero-order chi connectivity index (χ0) is 19.2. The molecule has 3 heterocycles. The second-order valence-electron chi connectivity index (χ2n) is 6.02. The summed E-state index contributed by atoms with van der Waals surface area (Å²) in [5, 5.41) is 5.33. The fourth-order valence-electron chi connectivity index (χ4n) is 2.71. The highest BCUT2D eigenvalue weighted by atomic mass is 32.1. The van der Waals surface area contributed by atoms with Gasteiger partial charge in [-0.1, -0.05) is 11.3 Å². The number of nitrogens with two attached hydrogens (primary N) is 1. The Morgan fingerprint density at radius 2 is 1.85 bits per heavy atom. The number of imidazole rings is 1. The number of hydrogen-bond acceptors (Lipinski definition) is 6. The Kier molecular flexibility index (Phi) is 4.03. The number of methoxy groups -OCH3 is 1. The highest BCUT2D eigenvalue weighted by molar-refractivity contribution is 7.19. The molecule has 0 fully saturated rings. The number of nitrogens with zero attached hydrogens (tertiary/aromatic N) is 4. The first-order valence-electron chi connectivity index (χ1n) is 8.00. The van der Waals surface area contributed by atoms with E-state index >= 15 is 0 Å². The highest BCUT2D eigenvalue weighted by Crippen LogP contribution is 2.35. The number of benzene rings is 1. The average molecular weight is 387 g/mol. The lowest BCUT2D eigenvalue weighted by atomic mass is 10.1. The zero-order valence-electron chi connectivity index (χ0n) is 14.5. The van der Waals surface area contributed by atoms with Crippen LogP contribution in [0.4, 0.5) is 14.6 Å². The van der Waals surface area contributed by atoms with Gasteiger partial charge >= 0.3 is 0 Å². The summed E-state index contributed by atoms with van der Waals surface area (Å²) >= 11 is 1.40. The molecule has 0 bridgehead atoms. The van der Waals surface area contributed by atoms with Crippen LogP contribution in [0.25, 0.3) is 26.8 Å². The third-order valence-corrected chi connectivity index (χ3v) is 5.08. The van der Waals surface area contributed by atoms with Gasteiger partial charge in [0.2, 0.25) is 4.96 Å². The largest absolute Gasteiger partial charge is 0.497 e. The van der Waals surface area contributed by atoms with Gasteiger partial charge in [0.25, 0.3) is 5.92 Å². The molecule has 0 saturated carbocycles. The summed E-state index contributed by atoms with van der Waals surface area (Å²) in [6.07, 6.45) is 3.03. The topological polar surface area (TPSA) is 78.3 Å². The van der Waals surface area contributed by atoms with E-state index in [-0.39, 0.29) is 11.4 Å². The number of nitrogen functional groups attached to an aromatic ring is 1. The first-order chi connectivity index (χ1) is 12.9. The van der Waals surface area contributed by atoms with Gasteiger partial charge in [-0.3, -0.25) is 0 Å². The van der Waals surface area contributed by atoms with Crippen LogP contribution in [0.1, 0.15) is 12.5 Å². The summed E-state index contributed by atoms with van der Waals surface area (Å²) in [6.45, 7) is 0.792. The van der Waals surface area contributed by atoms with Crippen molar-refractivity contribution in [2.75, 3.05) is 12.8 Å². The maximum Gasteiger partial charge on any atom is 0.274 e. The molecule has 4 rings (SSSR count). The zero-order valence-corrected chi connectivity index (χ0v) is 15.3. The number of rotatable bonds is 4. The standard InChI is InChI=1S/C18H15F2N5OS/c1-18(19,20)13-7-11(8-22-15(13)21)14-9-23-17-25(14)24-16(27-17)10-3-5-12(26-2)6-4-10/h3-9H,1-2H3,(H2,21,22). The van der Waals surface area contributed by atoms with E-state index in [0.717, 1.165) is 23.2 Å². The molecular weight excluding hydrogens is 372 g/mol. The van der Waals surface area contributed by atoms with Gasteiger partial charge in [-0.15, -0.1) is 0 Å². The lowest BCUT2D eigenvalue weighted by molar-refractivity contribution is 0.0180. The highest BCUT2D eigenvalue weighted by Gasteiger charge is 2.28. The summed E-state index contributed by atoms with van der Waals surface area (Å²) in [6, 6.07) is 8.83. The second kappa shape index (κ2) is 6.27. The second-order valence-corrected chi connectivity index (χ2v) is 6.97. The van der Waals surface area contributed by atoms with Crippen LogP contribution in [0, 0.1) is 0 Å². The molecule has 0 atom stereocenters. The van der Waals surface area contributed by atoms with Crippen molar-refractivity contribution in [3.05, 3.63) is 48.3 Å². The molecular formula is C18H15F2N5OS. The number of anilines is 1. The molecule has 0 aliphatic rings. The molecule has 6 nitrogen and oxygen atoms in total. The van der Waals surface area contributed by atoms with E-state index in [9.17, 15) is 8.78 Å². The van der Waals surface area contributed by atoms with E-state index in [0.29, 0.717) is 16.2 Å². The van der Waals surface area contributed by atoms with E-state index in [1.54, 1.807) is 17.8 Å². The van der Waals surface area contributed by atoms with Crippen molar-refractivity contribution >= 4 is 22.1 Å². The van der Waals surface area contributed by atoms with Crippen LogP contribution in [-0.4, -0.2) is 26.7 Å². The molecule has 0 spiro atoms. The number of fused-ring (bicyclic) bond motifs is 1. The van der Waals surface area contributed by atoms with Gasteiger partial charge < -0.3 is 10.5 Å². The summed E-state index contributed by atoms with van der Waals surface area (Å²) < 4.78 is 34.3. The van der Waals surface area contributed by atoms with Crippen LogP contribution in [0.2, 0.25) is 0 Å². The lowest BCUT2D eigenvalue weighted by Crippen LogP contribution is -2.12. The van der Waals surface area contributed by atoms with Crippen LogP contribution in [-0.2, 0) is 5.92 Å². The molecule has 0 aliphatic carbocycles. The predicted octanol–water partition coefficient (Wildman–Crippen LogP) is 4.22. The van der Waals surface area contributed by atoms with Gasteiger partial charge in [-0.05, 0) is 30.3 Å². The SMILES string of the molecule is COc1ccc(-c2nn3c(-c4cnc(N)c(C(C)(F)F)c4)cnc3s2)cc1. The number of hydrogen-bond donors (Lipinski definition) is 1. The van der Waals surface area contributed by atoms with Crippen molar-refractivity contribution in [3.8, 4) is 27.6 Å². The van der Waals surface area contributed by atoms with Crippen molar-refractivity contribution in [2.45, 2.75) is 12.8 Å². The Morgan fingerprint density at radius 3 is 2.52 bits per heavy atom. The molecule has 0 amide bonds. The minimum absolute atomic E-state index is 0.191. The van der Waals surface area contributed by atoms with E-state index in [1.165, 1.54) is 23.6 Å². The summed E-state index contributed by atoms with van der Waals surface area (Å²) in [5.74, 6) is -2.53. The summed E-state index contributed by atoms with van der Waals surface area (Å²) in [7, 11) is 1.60. The van der Waals surface area contributed by atoms with E-state index in [1.807, 2.05) is 24.3 Å². The lowest BCUT2D eigenvalue weighted by Gasteiger charge is -2.13. The normalized spacial score (nSPS) is 11.9. The van der Waals surface area contributed by atoms with E-state index < -0.39 is 5.92 Å². The van der Waals surface area contributed by atoms with E-state index in [4.69, 9.17) is 10.5 Å². The van der Waals surface area contributed by atoms with Crippen molar-refractivity contribution in [1.82, 2.24) is 19.6 Å². The molecule has 1 aromatic carbocycles. The van der Waals surface area contributed by atoms with Crippen LogP contribution >= 0.6 is 11.3 Å². The van der Waals surface area contributed by atoms with Crippen molar-refractivity contribution in [3.63, 3.8) is 0 Å². The Balaban J connectivity index is 1.79. The first-order valence-corrected chi connectivity index (χ1v) is 8.81. The van der Waals surface area contributed by atoms with Crippen LogP contribution < -0.4 is 10.5 Å². The maximum absolute atomic E-state index is 13.8. The van der Waals surface area contributed by atoms with Gasteiger partial charge in [-0.25, -0.2) is 23.3 Å². The van der Waals surface area contributed by atoms with Crippen LogP contribution in [0.5, 0.6) is 5.75 Å². The first kappa shape index (κ1) is 17.3. The molecule has 0 unspecified atom stereocenters. The molecule has 0 radical (unpaired) electrons. The Hall–Kier alpha value is -3.07. The third kappa shape index (κ3) is 3.10. The van der Waals surface area contributed by atoms with Crippen molar-refractivity contribution in [1.29, 1.82) is 0 Å². The quantitative estimate of drug-likeness (QED) is 0.567. The van der Waals surface area contributed by atoms with Crippen LogP contribution in [0.15, 0.2) is 42.7 Å². The van der Waals surface area contributed by atoms with Crippen molar-refractivity contribution in [2.24, 2.45) is 0 Å². The van der Waals surface area contributed by atoms with Gasteiger partial charge in [0, 0.05) is 24.2 Å². The van der Waals surface area contributed by atoms with E-state index in [2.05, 4.69) is 15.1 Å². The third-order valence-electron chi connectivity index (χ3n) is 4.11. The maximum atomic E-state index is 13.8. The summed E-state index contributed by atoms with van der Waals surface area (Å²) in [4.78, 5) is 8.90. The molecule has 138 valence electrons. The number of alkyl halides is 2. The minimum Gasteiger partial charge on any atom is -0.497 e. The monoisotopic (exact) mass is 387 g/mol.